The summed E-state index contributed by atoms with van der Waals surface area (Å²) in [4.78, 5) is 5.35. The van der Waals surface area contributed by atoms with Crippen molar-refractivity contribution in [3.8, 4) is 0 Å². The van der Waals surface area contributed by atoms with Crippen LogP contribution in [0.1, 0.15) is 19.4 Å². The third-order valence-corrected chi connectivity index (χ3v) is 4.56. The summed E-state index contributed by atoms with van der Waals surface area (Å²) in [5, 5.41) is 6.61. The highest BCUT2D eigenvalue weighted by atomic mass is 32.2. The summed E-state index contributed by atoms with van der Waals surface area (Å²) in [5.41, 5.74) is 9.44. The molecule has 0 aliphatic heterocycles. The molecule has 0 unspecified atom stereocenters. The van der Waals surface area contributed by atoms with Gasteiger partial charge in [-0.25, -0.2) is 4.98 Å². The molecule has 0 saturated carbocycles. The molecule has 0 aliphatic carbocycles. The molecule has 4 nitrogen and oxygen atoms in total. The van der Waals surface area contributed by atoms with Crippen LogP contribution in [-0.4, -0.2) is 17.0 Å². The first kappa shape index (κ1) is 14.9. The number of nitrogens with one attached hydrogen (secondary N) is 1. The van der Waals surface area contributed by atoms with Crippen LogP contribution in [0.4, 0.5) is 10.9 Å². The molecule has 0 atom stereocenters. The second kappa shape index (κ2) is 7.31. The zero-order valence-corrected chi connectivity index (χ0v) is 13.2. The maximum atomic E-state index is 5.53. The minimum absolute atomic E-state index is 0.513. The Kier molecular flexibility index (Phi) is 5.43. The van der Waals surface area contributed by atoms with Crippen molar-refractivity contribution in [3.63, 3.8) is 0 Å². The second-order valence-electron chi connectivity index (χ2n) is 4.72. The van der Waals surface area contributed by atoms with Gasteiger partial charge in [0.2, 0.25) is 5.13 Å². The van der Waals surface area contributed by atoms with E-state index in [9.17, 15) is 0 Å². The molecule has 0 bridgehead atoms. The van der Waals surface area contributed by atoms with Crippen molar-refractivity contribution in [1.29, 1.82) is 0 Å². The Labute approximate surface area is 127 Å². The summed E-state index contributed by atoms with van der Waals surface area (Å²) in [5.74, 6) is 2.36. The number of aromatic nitrogens is 1. The van der Waals surface area contributed by atoms with Gasteiger partial charge >= 0.3 is 0 Å². The first-order valence-corrected chi connectivity index (χ1v) is 8.23. The predicted octanol–water partition coefficient (Wildman–Crippen LogP) is 3.92. The van der Waals surface area contributed by atoms with Crippen LogP contribution in [0.15, 0.2) is 39.6 Å². The van der Waals surface area contributed by atoms with Gasteiger partial charge in [0.25, 0.3) is 0 Å². The second-order valence-corrected chi connectivity index (χ2v) is 6.67. The molecule has 2 aromatic rings. The van der Waals surface area contributed by atoms with Crippen molar-refractivity contribution in [2.45, 2.75) is 18.7 Å². The van der Waals surface area contributed by atoms with E-state index in [0.717, 1.165) is 11.3 Å². The Morgan fingerprint density at radius 1 is 1.40 bits per heavy atom. The zero-order chi connectivity index (χ0) is 14.4. The van der Waals surface area contributed by atoms with E-state index in [1.165, 1.54) is 16.2 Å². The Hall–Kier alpha value is -1.53. The Morgan fingerprint density at radius 3 is 2.75 bits per heavy atom. The van der Waals surface area contributed by atoms with E-state index < -0.39 is 0 Å². The van der Waals surface area contributed by atoms with Crippen LogP contribution < -0.4 is 11.2 Å². The maximum absolute atomic E-state index is 5.53. The van der Waals surface area contributed by atoms with Gasteiger partial charge in [-0.05, 0) is 23.6 Å². The third-order valence-electron chi connectivity index (χ3n) is 2.36. The van der Waals surface area contributed by atoms with Gasteiger partial charge in [0.05, 0.1) is 6.21 Å². The van der Waals surface area contributed by atoms with Gasteiger partial charge in [-0.3, -0.25) is 5.43 Å². The lowest BCUT2D eigenvalue weighted by Gasteiger charge is -2.04. The molecule has 0 amide bonds. The Bertz CT molecular complexity index is 561. The highest BCUT2D eigenvalue weighted by molar-refractivity contribution is 7.99. The number of nitrogen functional groups attached to an aromatic ring is 1. The van der Waals surface area contributed by atoms with Gasteiger partial charge in [-0.1, -0.05) is 26.0 Å². The number of benzene rings is 1. The number of nitrogens with two attached hydrogens (primary N) is 1. The minimum Gasteiger partial charge on any atom is -0.383 e. The molecule has 0 spiro atoms. The average molecular weight is 306 g/mol. The molecule has 0 saturated heterocycles. The van der Waals surface area contributed by atoms with Gasteiger partial charge in [-0.15, -0.1) is 23.1 Å². The zero-order valence-electron chi connectivity index (χ0n) is 11.5. The van der Waals surface area contributed by atoms with Gasteiger partial charge in [0.15, 0.2) is 0 Å². The van der Waals surface area contributed by atoms with Crippen LogP contribution in [0, 0.1) is 5.92 Å². The summed E-state index contributed by atoms with van der Waals surface area (Å²) in [6, 6.07) is 8.36. The molecule has 1 aromatic heterocycles. The van der Waals surface area contributed by atoms with E-state index in [0.29, 0.717) is 16.9 Å². The highest BCUT2D eigenvalue weighted by Gasteiger charge is 1.98. The predicted molar refractivity (Wildman–Crippen MR) is 89.7 cm³/mol. The Balaban J connectivity index is 1.86. The molecule has 2 rings (SSSR count). The maximum Gasteiger partial charge on any atom is 0.205 e. The number of hydrogen-bond donors (Lipinski definition) is 2. The van der Waals surface area contributed by atoms with Crippen molar-refractivity contribution in [1.82, 2.24) is 4.98 Å². The highest BCUT2D eigenvalue weighted by Crippen LogP contribution is 2.20. The molecule has 1 aromatic carbocycles. The van der Waals surface area contributed by atoms with Crippen molar-refractivity contribution in [2.75, 3.05) is 16.9 Å². The molecule has 0 aliphatic rings. The fourth-order valence-corrected chi connectivity index (χ4v) is 2.82. The lowest BCUT2D eigenvalue weighted by molar-refractivity contribution is 0.750. The summed E-state index contributed by atoms with van der Waals surface area (Å²) < 4.78 is 0. The SMILES string of the molecule is CC(C)CSc1ccc(C=NNc2nc(N)cs2)cc1. The monoisotopic (exact) mass is 306 g/mol. The van der Waals surface area contributed by atoms with Crippen LogP contribution in [0.25, 0.3) is 0 Å². The van der Waals surface area contributed by atoms with Gasteiger partial charge in [0, 0.05) is 16.0 Å². The average Bonchev–Trinajstić information content (AvgIpc) is 2.83. The van der Waals surface area contributed by atoms with Crippen LogP contribution in [0.2, 0.25) is 0 Å². The fraction of sp³-hybridized carbons (Fsp3) is 0.286. The minimum atomic E-state index is 0.513. The molecular weight excluding hydrogens is 288 g/mol. The van der Waals surface area contributed by atoms with Crippen LogP contribution in [-0.2, 0) is 0 Å². The number of rotatable bonds is 6. The molecule has 1 heterocycles. The lowest BCUT2D eigenvalue weighted by atomic mass is 10.2. The molecule has 6 heteroatoms. The fourth-order valence-electron chi connectivity index (χ4n) is 1.41. The molecular formula is C14H18N4S2. The number of thiazole rings is 1. The van der Waals surface area contributed by atoms with E-state index in [-0.39, 0.29) is 0 Å². The van der Waals surface area contributed by atoms with Crippen molar-refractivity contribution in [2.24, 2.45) is 11.0 Å². The topological polar surface area (TPSA) is 63.3 Å². The standard InChI is InChI=1S/C14H18N4S2/c1-10(2)8-19-12-5-3-11(4-6-12)7-16-18-14-17-13(15)9-20-14/h3-7,9-10H,8,15H2,1-2H3,(H,17,18). The van der Waals surface area contributed by atoms with E-state index >= 15 is 0 Å². The van der Waals surface area contributed by atoms with Crippen LogP contribution >= 0.6 is 23.1 Å². The molecule has 0 radical (unpaired) electrons. The van der Waals surface area contributed by atoms with E-state index in [2.05, 4.69) is 53.6 Å². The first-order valence-electron chi connectivity index (χ1n) is 6.36. The summed E-state index contributed by atoms with van der Waals surface area (Å²) in [6.45, 7) is 4.45. The van der Waals surface area contributed by atoms with Gasteiger partial charge < -0.3 is 5.73 Å². The smallest absolute Gasteiger partial charge is 0.205 e. The molecule has 106 valence electrons. The summed E-state index contributed by atoms with van der Waals surface area (Å²) in [6.07, 6.45) is 1.77. The van der Waals surface area contributed by atoms with Crippen molar-refractivity contribution < 1.29 is 0 Å². The van der Waals surface area contributed by atoms with Crippen molar-refractivity contribution >= 4 is 40.3 Å². The van der Waals surface area contributed by atoms with Crippen LogP contribution in [0.3, 0.4) is 0 Å². The third kappa shape index (κ3) is 4.86. The van der Waals surface area contributed by atoms with E-state index in [4.69, 9.17) is 5.73 Å². The van der Waals surface area contributed by atoms with Gasteiger partial charge in [0.1, 0.15) is 5.82 Å². The van der Waals surface area contributed by atoms with E-state index in [1.54, 1.807) is 11.6 Å². The van der Waals surface area contributed by atoms with E-state index in [1.807, 2.05) is 11.8 Å². The number of anilines is 2. The van der Waals surface area contributed by atoms with Gasteiger partial charge in [-0.2, -0.15) is 5.10 Å². The number of thioether (sulfide) groups is 1. The number of hydrazone groups is 1. The quantitative estimate of drug-likeness (QED) is 0.482. The molecule has 20 heavy (non-hydrogen) atoms. The lowest BCUT2D eigenvalue weighted by Crippen LogP contribution is -1.92. The number of hydrogen-bond acceptors (Lipinski definition) is 6. The largest absolute Gasteiger partial charge is 0.383 e. The summed E-state index contributed by atoms with van der Waals surface area (Å²) in [7, 11) is 0. The molecule has 0 fully saturated rings. The summed E-state index contributed by atoms with van der Waals surface area (Å²) >= 11 is 3.31. The number of nitrogens with zero attached hydrogens (tertiary/aromatic N) is 2. The molecule has 3 N–H and O–H groups in total. The van der Waals surface area contributed by atoms with Crippen LogP contribution in [0.5, 0.6) is 0 Å². The first-order chi connectivity index (χ1) is 9.63. The normalized spacial score (nSPS) is 11.3. The Morgan fingerprint density at radius 2 is 2.15 bits per heavy atom. The van der Waals surface area contributed by atoms with Crippen molar-refractivity contribution in [3.05, 3.63) is 35.2 Å².